The lowest BCUT2D eigenvalue weighted by molar-refractivity contribution is -0.123. The highest BCUT2D eigenvalue weighted by atomic mass is 35.5. The number of nitrogens with one attached hydrogen (secondary N) is 1. The van der Waals surface area contributed by atoms with E-state index in [1.54, 1.807) is 18.2 Å². The summed E-state index contributed by atoms with van der Waals surface area (Å²) in [5.74, 6) is 0.189. The van der Waals surface area contributed by atoms with Crippen LogP contribution in [0.3, 0.4) is 0 Å². The molecule has 7 heteroatoms. The summed E-state index contributed by atoms with van der Waals surface area (Å²) in [6, 6.07) is 4.87. The molecule has 1 aromatic carbocycles. The molecular formula is C16H21Cl2NO4. The fourth-order valence-electron chi connectivity index (χ4n) is 2.17. The van der Waals surface area contributed by atoms with Crippen molar-refractivity contribution in [3.63, 3.8) is 0 Å². The minimum absolute atomic E-state index is 0.100. The van der Waals surface area contributed by atoms with Crippen LogP contribution in [-0.4, -0.2) is 45.0 Å². The fourth-order valence-corrected chi connectivity index (χ4v) is 2.51. The van der Waals surface area contributed by atoms with E-state index in [1.165, 1.54) is 0 Å². The van der Waals surface area contributed by atoms with Crippen LogP contribution in [0.25, 0.3) is 0 Å². The molecule has 1 amide bonds. The van der Waals surface area contributed by atoms with Crippen LogP contribution in [0.5, 0.6) is 5.75 Å². The van der Waals surface area contributed by atoms with Crippen molar-refractivity contribution in [1.29, 1.82) is 0 Å². The predicted octanol–water partition coefficient (Wildman–Crippen LogP) is 3.07. The molecule has 23 heavy (non-hydrogen) atoms. The Morgan fingerprint density at radius 1 is 1.39 bits per heavy atom. The monoisotopic (exact) mass is 361 g/mol. The quantitative estimate of drug-likeness (QED) is 0.686. The van der Waals surface area contributed by atoms with E-state index in [-0.39, 0.29) is 18.6 Å². The lowest BCUT2D eigenvalue weighted by Gasteiger charge is -2.11. The van der Waals surface area contributed by atoms with Crippen molar-refractivity contribution in [2.45, 2.75) is 25.4 Å². The summed E-state index contributed by atoms with van der Waals surface area (Å²) in [6.07, 6.45) is 3.16. The second kappa shape index (κ2) is 9.98. The van der Waals surface area contributed by atoms with Crippen molar-refractivity contribution in [2.75, 3.05) is 33.0 Å². The molecule has 0 aromatic heterocycles. The Hall–Kier alpha value is -1.01. The van der Waals surface area contributed by atoms with Crippen molar-refractivity contribution in [3.05, 3.63) is 28.2 Å². The highest BCUT2D eigenvalue weighted by Crippen LogP contribution is 2.27. The van der Waals surface area contributed by atoms with Crippen LogP contribution in [0, 0.1) is 0 Å². The predicted molar refractivity (Wildman–Crippen MR) is 89.4 cm³/mol. The molecule has 1 aromatic rings. The van der Waals surface area contributed by atoms with Crippen molar-refractivity contribution < 1.29 is 19.0 Å². The van der Waals surface area contributed by atoms with Gasteiger partial charge in [0.15, 0.2) is 6.61 Å². The first kappa shape index (κ1) is 18.3. The molecule has 1 fully saturated rings. The van der Waals surface area contributed by atoms with Gasteiger partial charge in [0.2, 0.25) is 0 Å². The van der Waals surface area contributed by atoms with Crippen LogP contribution in [0.4, 0.5) is 0 Å². The van der Waals surface area contributed by atoms with Gasteiger partial charge in [0.05, 0.1) is 17.7 Å². The molecule has 0 radical (unpaired) electrons. The second-order valence-corrected chi connectivity index (χ2v) is 6.12. The summed E-state index contributed by atoms with van der Waals surface area (Å²) >= 11 is 11.8. The van der Waals surface area contributed by atoms with E-state index in [4.69, 9.17) is 37.4 Å². The molecule has 1 saturated heterocycles. The van der Waals surface area contributed by atoms with Crippen molar-refractivity contribution in [1.82, 2.24) is 5.32 Å². The Kier molecular flexibility index (Phi) is 7.95. The highest BCUT2D eigenvalue weighted by Gasteiger charge is 2.14. The number of carbonyl (C=O) groups is 1. The third-order valence-electron chi connectivity index (χ3n) is 3.37. The zero-order valence-corrected chi connectivity index (χ0v) is 14.4. The average Bonchev–Trinajstić information content (AvgIpc) is 3.05. The van der Waals surface area contributed by atoms with E-state index in [9.17, 15) is 4.79 Å². The zero-order chi connectivity index (χ0) is 16.5. The smallest absolute Gasteiger partial charge is 0.257 e. The van der Waals surface area contributed by atoms with Crippen LogP contribution in [0.15, 0.2) is 18.2 Å². The summed E-state index contributed by atoms with van der Waals surface area (Å²) in [6.45, 7) is 2.50. The molecule has 128 valence electrons. The highest BCUT2D eigenvalue weighted by molar-refractivity contribution is 6.34. The largest absolute Gasteiger partial charge is 0.482 e. The van der Waals surface area contributed by atoms with Gasteiger partial charge in [0.1, 0.15) is 5.75 Å². The van der Waals surface area contributed by atoms with Gasteiger partial charge in [-0.05, 0) is 31.4 Å². The molecule has 1 unspecified atom stereocenters. The molecule has 1 aliphatic heterocycles. The maximum atomic E-state index is 11.7. The molecule has 1 heterocycles. The standard InChI is InChI=1S/C16H21Cl2NO4/c17-12-4-5-14(18)15(9-12)23-11-16(20)19-6-2-7-21-10-13-3-1-8-22-13/h4-5,9,13H,1-3,6-8,10-11H2,(H,19,20). The Labute approximate surface area is 146 Å². The van der Waals surface area contributed by atoms with E-state index >= 15 is 0 Å². The second-order valence-electron chi connectivity index (χ2n) is 5.28. The van der Waals surface area contributed by atoms with Crippen LogP contribution < -0.4 is 10.1 Å². The first-order chi connectivity index (χ1) is 11.1. The van der Waals surface area contributed by atoms with Crippen LogP contribution >= 0.6 is 23.2 Å². The number of rotatable bonds is 9. The number of amides is 1. The first-order valence-electron chi connectivity index (χ1n) is 7.69. The molecule has 1 N–H and O–H groups in total. The first-order valence-corrected chi connectivity index (χ1v) is 8.44. The third-order valence-corrected chi connectivity index (χ3v) is 3.91. The van der Waals surface area contributed by atoms with Gasteiger partial charge in [0.25, 0.3) is 5.91 Å². The average molecular weight is 362 g/mol. The molecular weight excluding hydrogens is 341 g/mol. The van der Waals surface area contributed by atoms with Crippen LogP contribution in [-0.2, 0) is 14.3 Å². The van der Waals surface area contributed by atoms with Gasteiger partial charge < -0.3 is 19.5 Å². The molecule has 2 rings (SSSR count). The number of benzene rings is 1. The molecule has 0 bridgehead atoms. The Morgan fingerprint density at radius 3 is 3.04 bits per heavy atom. The van der Waals surface area contributed by atoms with Crippen LogP contribution in [0.1, 0.15) is 19.3 Å². The lowest BCUT2D eigenvalue weighted by atomic mass is 10.2. The van der Waals surface area contributed by atoms with Gasteiger partial charge in [-0.2, -0.15) is 0 Å². The van der Waals surface area contributed by atoms with E-state index < -0.39 is 0 Å². The molecule has 0 saturated carbocycles. The topological polar surface area (TPSA) is 56.8 Å². The van der Waals surface area contributed by atoms with E-state index in [1.807, 2.05) is 0 Å². The Morgan fingerprint density at radius 2 is 2.26 bits per heavy atom. The SMILES string of the molecule is O=C(COc1cc(Cl)ccc1Cl)NCCCOCC1CCCO1. The van der Waals surface area contributed by atoms with Gasteiger partial charge in [0, 0.05) is 30.8 Å². The molecule has 1 aliphatic rings. The molecule has 1 atom stereocenters. The van der Waals surface area contributed by atoms with Crippen LogP contribution in [0.2, 0.25) is 10.0 Å². The summed E-state index contributed by atoms with van der Waals surface area (Å²) in [4.78, 5) is 11.7. The lowest BCUT2D eigenvalue weighted by Crippen LogP contribution is -2.30. The van der Waals surface area contributed by atoms with E-state index in [0.29, 0.717) is 35.6 Å². The summed E-state index contributed by atoms with van der Waals surface area (Å²) in [5.41, 5.74) is 0. The number of halogens is 2. The van der Waals surface area contributed by atoms with Gasteiger partial charge >= 0.3 is 0 Å². The van der Waals surface area contributed by atoms with Gasteiger partial charge in [-0.25, -0.2) is 0 Å². The maximum absolute atomic E-state index is 11.7. The zero-order valence-electron chi connectivity index (χ0n) is 12.9. The minimum atomic E-state index is -0.208. The number of carbonyl (C=O) groups excluding carboxylic acids is 1. The van der Waals surface area contributed by atoms with Crippen molar-refractivity contribution in [2.24, 2.45) is 0 Å². The van der Waals surface area contributed by atoms with Crippen molar-refractivity contribution in [3.8, 4) is 5.75 Å². The molecule has 0 spiro atoms. The van der Waals surface area contributed by atoms with Gasteiger partial charge in [-0.1, -0.05) is 23.2 Å². The fraction of sp³-hybridized carbons (Fsp3) is 0.562. The van der Waals surface area contributed by atoms with Crippen molar-refractivity contribution >= 4 is 29.1 Å². The van der Waals surface area contributed by atoms with Gasteiger partial charge in [-0.3, -0.25) is 4.79 Å². The number of hydrogen-bond donors (Lipinski definition) is 1. The maximum Gasteiger partial charge on any atom is 0.257 e. The summed E-state index contributed by atoms with van der Waals surface area (Å²) < 4.78 is 16.3. The number of hydrogen-bond acceptors (Lipinski definition) is 4. The van der Waals surface area contributed by atoms with E-state index in [0.717, 1.165) is 25.9 Å². The molecule has 0 aliphatic carbocycles. The summed E-state index contributed by atoms with van der Waals surface area (Å²) in [7, 11) is 0. The summed E-state index contributed by atoms with van der Waals surface area (Å²) in [5, 5.41) is 3.69. The third kappa shape index (κ3) is 6.96. The van der Waals surface area contributed by atoms with Gasteiger partial charge in [-0.15, -0.1) is 0 Å². The normalized spacial score (nSPS) is 17.2. The molecule has 5 nitrogen and oxygen atoms in total. The Balaban J connectivity index is 1.52. The number of ether oxygens (including phenoxy) is 3. The Bertz CT molecular complexity index is 507. The van der Waals surface area contributed by atoms with E-state index in [2.05, 4.69) is 5.32 Å². The minimum Gasteiger partial charge on any atom is -0.482 e.